The number of carbonyl (C=O) groups is 1. The molecular weight excluding hydrogens is 421 g/mol. The zero-order valence-electron chi connectivity index (χ0n) is 16.4. The Kier molecular flexibility index (Phi) is 5.74. The number of hydrogen-bond acceptors (Lipinski definition) is 6. The molecule has 10 heteroatoms. The number of nitrogens with one attached hydrogen (secondary N) is 2. The molecular formula is C21H18FN5O3S. The average Bonchev–Trinajstić information content (AvgIpc) is 3.11. The standard InChI is InChI=1S/C21H18FN5O3S/c1-26(30)21(29)17-9-15-18(10-24-17)27(11-13-4-6-14(22)7-5-13)12-19(15)31-25-16-3-2-8-23-20(16)28/h2-10,12,25,30H,11H2,1H3,(H,23,28). The zero-order valence-corrected chi connectivity index (χ0v) is 17.2. The molecule has 3 heterocycles. The molecule has 0 fully saturated rings. The van der Waals surface area contributed by atoms with Crippen LogP contribution in [0.5, 0.6) is 0 Å². The van der Waals surface area contributed by atoms with E-state index in [0.29, 0.717) is 22.7 Å². The largest absolute Gasteiger partial charge is 0.341 e. The van der Waals surface area contributed by atoms with Crippen molar-refractivity contribution in [1.29, 1.82) is 0 Å². The number of aromatic nitrogens is 3. The maximum Gasteiger partial charge on any atom is 0.295 e. The summed E-state index contributed by atoms with van der Waals surface area (Å²) in [5.74, 6) is -0.954. The summed E-state index contributed by atoms with van der Waals surface area (Å²) < 4.78 is 18.2. The first-order valence-electron chi connectivity index (χ1n) is 9.23. The van der Waals surface area contributed by atoms with Crippen molar-refractivity contribution in [1.82, 2.24) is 19.6 Å². The molecule has 0 bridgehead atoms. The Balaban J connectivity index is 1.73. The summed E-state index contributed by atoms with van der Waals surface area (Å²) in [6.45, 7) is 0.456. The number of amides is 1. The van der Waals surface area contributed by atoms with Crippen molar-refractivity contribution >= 4 is 34.4 Å². The molecule has 1 amide bonds. The molecule has 3 N–H and O–H groups in total. The second kappa shape index (κ2) is 8.62. The second-order valence-electron chi connectivity index (χ2n) is 6.78. The number of hydroxylamine groups is 2. The van der Waals surface area contributed by atoms with Gasteiger partial charge >= 0.3 is 0 Å². The van der Waals surface area contributed by atoms with Crippen molar-refractivity contribution in [3.8, 4) is 0 Å². The van der Waals surface area contributed by atoms with Crippen molar-refractivity contribution in [2.24, 2.45) is 0 Å². The molecule has 8 nitrogen and oxygen atoms in total. The van der Waals surface area contributed by atoms with Gasteiger partial charge in [0.2, 0.25) is 0 Å². The molecule has 4 rings (SSSR count). The molecule has 0 radical (unpaired) electrons. The molecule has 4 aromatic rings. The van der Waals surface area contributed by atoms with Crippen LogP contribution in [0.4, 0.5) is 10.1 Å². The Labute approximate surface area is 180 Å². The Morgan fingerprint density at radius 3 is 2.81 bits per heavy atom. The number of fused-ring (bicyclic) bond motifs is 1. The summed E-state index contributed by atoms with van der Waals surface area (Å²) in [4.78, 5) is 31.6. The number of carbonyl (C=O) groups excluding carboxylic acids is 1. The van der Waals surface area contributed by atoms with Gasteiger partial charge in [0, 0.05) is 31.4 Å². The lowest BCUT2D eigenvalue weighted by Gasteiger charge is -2.09. The van der Waals surface area contributed by atoms with Gasteiger partial charge in [-0.1, -0.05) is 12.1 Å². The van der Waals surface area contributed by atoms with Gasteiger partial charge in [-0.2, -0.15) is 0 Å². The van der Waals surface area contributed by atoms with Crippen molar-refractivity contribution in [3.05, 3.63) is 88.5 Å². The molecule has 0 aliphatic heterocycles. The minimum atomic E-state index is -0.642. The zero-order chi connectivity index (χ0) is 22.0. The number of rotatable bonds is 6. The lowest BCUT2D eigenvalue weighted by atomic mass is 10.2. The maximum atomic E-state index is 13.2. The van der Waals surface area contributed by atoms with Crippen LogP contribution < -0.4 is 10.3 Å². The fourth-order valence-corrected chi connectivity index (χ4v) is 3.88. The van der Waals surface area contributed by atoms with Crippen LogP contribution in [0.2, 0.25) is 0 Å². The van der Waals surface area contributed by atoms with E-state index in [0.717, 1.165) is 16.0 Å². The number of benzene rings is 1. The molecule has 0 spiro atoms. The smallest absolute Gasteiger partial charge is 0.295 e. The fraction of sp³-hybridized carbons (Fsp3) is 0.0952. The van der Waals surface area contributed by atoms with Gasteiger partial charge in [0.15, 0.2) is 0 Å². The van der Waals surface area contributed by atoms with Crippen molar-refractivity contribution < 1.29 is 14.4 Å². The van der Waals surface area contributed by atoms with Crippen LogP contribution in [0.15, 0.2) is 70.7 Å². The predicted octanol–water partition coefficient (Wildman–Crippen LogP) is 3.49. The lowest BCUT2D eigenvalue weighted by Crippen LogP contribution is -2.23. The van der Waals surface area contributed by atoms with Crippen LogP contribution in [0.3, 0.4) is 0 Å². The van der Waals surface area contributed by atoms with Crippen molar-refractivity contribution in [2.75, 3.05) is 11.8 Å². The SMILES string of the molecule is CN(O)C(=O)c1cc2c(SNc3ccc[nH]c3=O)cn(Cc3ccc(F)cc3)c2cn1. The van der Waals surface area contributed by atoms with Crippen molar-refractivity contribution in [2.45, 2.75) is 11.4 Å². The summed E-state index contributed by atoms with van der Waals surface area (Å²) >= 11 is 1.21. The molecule has 158 valence electrons. The third-order valence-corrected chi connectivity index (χ3v) is 5.47. The Morgan fingerprint density at radius 2 is 2.10 bits per heavy atom. The first-order valence-corrected chi connectivity index (χ1v) is 10.0. The summed E-state index contributed by atoms with van der Waals surface area (Å²) in [7, 11) is 1.23. The van der Waals surface area contributed by atoms with Crippen molar-refractivity contribution in [3.63, 3.8) is 0 Å². The van der Waals surface area contributed by atoms with Crippen LogP contribution in [0.1, 0.15) is 16.1 Å². The van der Waals surface area contributed by atoms with Crippen LogP contribution in [-0.2, 0) is 6.54 Å². The summed E-state index contributed by atoms with van der Waals surface area (Å²) in [5.41, 5.74) is 1.83. The minimum Gasteiger partial charge on any atom is -0.341 e. The van der Waals surface area contributed by atoms with Gasteiger partial charge in [-0.15, -0.1) is 0 Å². The maximum absolute atomic E-state index is 13.2. The molecule has 0 aliphatic carbocycles. The van der Waals surface area contributed by atoms with E-state index in [-0.39, 0.29) is 17.1 Å². The third kappa shape index (κ3) is 4.44. The van der Waals surface area contributed by atoms with E-state index in [2.05, 4.69) is 14.7 Å². The highest BCUT2D eigenvalue weighted by Crippen LogP contribution is 2.31. The highest BCUT2D eigenvalue weighted by atomic mass is 32.2. The Bertz CT molecular complexity index is 1300. The van der Waals surface area contributed by atoms with Crippen LogP contribution in [0.25, 0.3) is 10.9 Å². The summed E-state index contributed by atoms with van der Waals surface area (Å²) in [6.07, 6.45) is 4.96. The molecule has 0 saturated carbocycles. The van der Waals surface area contributed by atoms with E-state index in [1.54, 1.807) is 42.7 Å². The number of aromatic amines is 1. The van der Waals surface area contributed by atoms with Crippen LogP contribution >= 0.6 is 11.9 Å². The predicted molar refractivity (Wildman–Crippen MR) is 116 cm³/mol. The number of anilines is 1. The first-order chi connectivity index (χ1) is 14.9. The lowest BCUT2D eigenvalue weighted by molar-refractivity contribution is -0.0379. The first kappa shape index (κ1) is 20.6. The van der Waals surface area contributed by atoms with Gasteiger partial charge in [-0.05, 0) is 47.8 Å². The average molecular weight is 439 g/mol. The van der Waals surface area contributed by atoms with E-state index in [9.17, 15) is 19.2 Å². The van der Waals surface area contributed by atoms with Gasteiger partial charge < -0.3 is 14.3 Å². The highest BCUT2D eigenvalue weighted by molar-refractivity contribution is 8.00. The van der Waals surface area contributed by atoms with Gasteiger partial charge in [-0.3, -0.25) is 14.8 Å². The second-order valence-corrected chi connectivity index (χ2v) is 7.63. The van der Waals surface area contributed by atoms with Gasteiger partial charge in [0.1, 0.15) is 17.2 Å². The molecule has 1 aromatic carbocycles. The van der Waals surface area contributed by atoms with Gasteiger partial charge in [0.25, 0.3) is 11.5 Å². The Morgan fingerprint density at radius 1 is 1.32 bits per heavy atom. The van der Waals surface area contributed by atoms with Crippen LogP contribution in [0, 0.1) is 5.82 Å². The normalized spacial score (nSPS) is 10.9. The van der Waals surface area contributed by atoms with E-state index in [4.69, 9.17) is 0 Å². The van der Waals surface area contributed by atoms with E-state index < -0.39 is 5.91 Å². The van der Waals surface area contributed by atoms with E-state index >= 15 is 0 Å². The molecule has 0 saturated heterocycles. The summed E-state index contributed by atoms with van der Waals surface area (Å²) in [5, 5.41) is 10.7. The van der Waals surface area contributed by atoms with Gasteiger partial charge in [-0.25, -0.2) is 14.4 Å². The molecule has 31 heavy (non-hydrogen) atoms. The molecule has 0 atom stereocenters. The fourth-order valence-electron chi connectivity index (χ4n) is 3.05. The number of hydrogen-bond donors (Lipinski definition) is 3. The minimum absolute atomic E-state index is 0.0800. The molecule has 3 aromatic heterocycles. The number of H-pyrrole nitrogens is 1. The van der Waals surface area contributed by atoms with E-state index in [1.165, 1.54) is 31.1 Å². The molecule has 0 aliphatic rings. The Hall–Kier alpha value is -3.63. The topological polar surface area (TPSA) is 103 Å². The van der Waals surface area contributed by atoms with E-state index in [1.807, 2.05) is 10.8 Å². The third-order valence-electron chi connectivity index (χ3n) is 4.60. The highest BCUT2D eigenvalue weighted by Gasteiger charge is 2.17. The molecule has 0 unspecified atom stereocenters. The number of pyridine rings is 2. The van der Waals surface area contributed by atoms with Crippen LogP contribution in [-0.4, -0.2) is 37.8 Å². The number of nitrogens with zero attached hydrogens (tertiary/aromatic N) is 3. The van der Waals surface area contributed by atoms with Gasteiger partial charge in [0.05, 0.1) is 16.6 Å². The monoisotopic (exact) mass is 439 g/mol. The number of halogens is 1. The summed E-state index contributed by atoms with van der Waals surface area (Å²) in [6, 6.07) is 11.1. The quantitative estimate of drug-likeness (QED) is 0.241.